The topological polar surface area (TPSA) is 49.4 Å². The van der Waals surface area contributed by atoms with Crippen LogP contribution in [0.5, 0.6) is 0 Å². The number of aryl methyl sites for hydroxylation is 3. The van der Waals surface area contributed by atoms with E-state index in [0.717, 1.165) is 39.7 Å². The number of likely N-dealkylation sites (tertiary alicyclic amines) is 1. The van der Waals surface area contributed by atoms with Gasteiger partial charge in [-0.05, 0) is 69.5 Å². The van der Waals surface area contributed by atoms with Crippen LogP contribution < -0.4 is 5.32 Å². The molecule has 0 radical (unpaired) electrons. The first-order chi connectivity index (χ1) is 12.8. The molecule has 0 bridgehead atoms. The number of nitrogens with zero attached hydrogens (tertiary/aromatic N) is 1. The van der Waals surface area contributed by atoms with E-state index in [1.54, 1.807) is 0 Å². The number of rotatable bonds is 3. The van der Waals surface area contributed by atoms with E-state index >= 15 is 0 Å². The van der Waals surface area contributed by atoms with Crippen LogP contribution in [0.25, 0.3) is 0 Å². The van der Waals surface area contributed by atoms with Gasteiger partial charge in [0.15, 0.2) is 0 Å². The summed E-state index contributed by atoms with van der Waals surface area (Å²) in [5.41, 5.74) is 4.73. The van der Waals surface area contributed by atoms with E-state index in [2.05, 4.69) is 27.3 Å². The molecule has 1 fully saturated rings. The van der Waals surface area contributed by atoms with Gasteiger partial charge >= 0.3 is 0 Å². The van der Waals surface area contributed by atoms with Crippen molar-refractivity contribution >= 4 is 33.4 Å². The molecule has 1 atom stereocenters. The first kappa shape index (κ1) is 19.6. The van der Waals surface area contributed by atoms with E-state index in [0.29, 0.717) is 18.7 Å². The van der Waals surface area contributed by atoms with E-state index < -0.39 is 0 Å². The smallest absolute Gasteiger partial charge is 0.253 e. The molecule has 0 spiro atoms. The monoisotopic (exact) mass is 428 g/mol. The summed E-state index contributed by atoms with van der Waals surface area (Å²) in [6, 6.07) is 11.7. The molecule has 2 aromatic carbocycles. The number of halogens is 1. The summed E-state index contributed by atoms with van der Waals surface area (Å²) in [4.78, 5) is 27.4. The lowest BCUT2D eigenvalue weighted by Crippen LogP contribution is -2.43. The molecule has 0 aliphatic carbocycles. The summed E-state index contributed by atoms with van der Waals surface area (Å²) >= 11 is 3.47. The lowest BCUT2D eigenvalue weighted by molar-refractivity contribution is -0.121. The molecule has 2 aromatic rings. The van der Waals surface area contributed by atoms with Gasteiger partial charge in [0.05, 0.1) is 5.92 Å². The minimum atomic E-state index is -0.183. The van der Waals surface area contributed by atoms with Crippen LogP contribution >= 0.6 is 15.9 Å². The molecule has 1 aliphatic rings. The molecule has 5 heteroatoms. The maximum atomic E-state index is 12.9. The van der Waals surface area contributed by atoms with Crippen LogP contribution in [-0.2, 0) is 4.79 Å². The van der Waals surface area contributed by atoms with Crippen molar-refractivity contribution in [3.63, 3.8) is 0 Å². The highest BCUT2D eigenvalue weighted by molar-refractivity contribution is 9.10. The van der Waals surface area contributed by atoms with Crippen LogP contribution in [0, 0.1) is 26.7 Å². The minimum Gasteiger partial charge on any atom is -0.338 e. The third kappa shape index (κ3) is 4.78. The van der Waals surface area contributed by atoms with Gasteiger partial charge in [-0.2, -0.15) is 0 Å². The van der Waals surface area contributed by atoms with Gasteiger partial charge in [0.2, 0.25) is 5.91 Å². The van der Waals surface area contributed by atoms with Gasteiger partial charge < -0.3 is 10.2 Å². The SMILES string of the molecule is Cc1cc(C)cc(C(=O)N2CCC[C@H](C(=O)Nc3ccc(Br)c(C)c3)C2)c1. The molecule has 0 saturated carbocycles. The minimum absolute atomic E-state index is 0.0128. The quantitative estimate of drug-likeness (QED) is 0.757. The number of amides is 2. The standard InChI is InChI=1S/C22H25BrN2O2/c1-14-9-15(2)11-18(10-14)22(27)25-8-4-5-17(13-25)21(26)24-19-6-7-20(23)16(3)12-19/h6-7,9-12,17H,4-5,8,13H2,1-3H3,(H,24,26)/t17-/m0/s1. The number of hydrogen-bond donors (Lipinski definition) is 1. The Balaban J connectivity index is 1.68. The average molecular weight is 429 g/mol. The number of carbonyl (C=O) groups excluding carboxylic acids is 2. The van der Waals surface area contributed by atoms with Gasteiger partial charge in [-0.3, -0.25) is 9.59 Å². The first-order valence-electron chi connectivity index (χ1n) is 9.28. The molecule has 2 amide bonds. The van der Waals surface area contributed by atoms with Crippen molar-refractivity contribution < 1.29 is 9.59 Å². The van der Waals surface area contributed by atoms with Crippen molar-refractivity contribution in [2.45, 2.75) is 33.6 Å². The van der Waals surface area contributed by atoms with Crippen molar-refractivity contribution in [1.29, 1.82) is 0 Å². The number of nitrogens with one attached hydrogen (secondary N) is 1. The lowest BCUT2D eigenvalue weighted by atomic mass is 9.96. The predicted octanol–water partition coefficient (Wildman–Crippen LogP) is 4.87. The zero-order valence-electron chi connectivity index (χ0n) is 16.0. The average Bonchev–Trinajstić information content (AvgIpc) is 2.63. The zero-order chi connectivity index (χ0) is 19.6. The molecule has 27 heavy (non-hydrogen) atoms. The highest BCUT2D eigenvalue weighted by Crippen LogP contribution is 2.23. The Morgan fingerprint density at radius 1 is 1.07 bits per heavy atom. The molecule has 1 saturated heterocycles. The Bertz CT molecular complexity index is 858. The fourth-order valence-corrected chi connectivity index (χ4v) is 3.87. The Hall–Kier alpha value is -2.14. The van der Waals surface area contributed by atoms with E-state index in [-0.39, 0.29) is 17.7 Å². The van der Waals surface area contributed by atoms with Crippen LogP contribution in [0.3, 0.4) is 0 Å². The molecule has 3 rings (SSSR count). The largest absolute Gasteiger partial charge is 0.338 e. The molecule has 4 nitrogen and oxygen atoms in total. The molecule has 1 heterocycles. The fraction of sp³-hybridized carbons (Fsp3) is 0.364. The van der Waals surface area contributed by atoms with Crippen LogP contribution in [0.15, 0.2) is 40.9 Å². The van der Waals surface area contributed by atoms with Gasteiger partial charge in [-0.1, -0.05) is 33.1 Å². The molecule has 1 aliphatic heterocycles. The van der Waals surface area contributed by atoms with Crippen molar-refractivity contribution in [3.05, 3.63) is 63.1 Å². The van der Waals surface area contributed by atoms with E-state index in [1.165, 1.54) is 0 Å². The summed E-state index contributed by atoms with van der Waals surface area (Å²) < 4.78 is 1.02. The van der Waals surface area contributed by atoms with Crippen LogP contribution in [0.4, 0.5) is 5.69 Å². The maximum absolute atomic E-state index is 12.9. The van der Waals surface area contributed by atoms with Crippen molar-refractivity contribution in [2.75, 3.05) is 18.4 Å². The number of piperidine rings is 1. The van der Waals surface area contributed by atoms with Crippen LogP contribution in [0.2, 0.25) is 0 Å². The van der Waals surface area contributed by atoms with Crippen molar-refractivity contribution in [1.82, 2.24) is 4.90 Å². The maximum Gasteiger partial charge on any atom is 0.253 e. The Morgan fingerprint density at radius 3 is 2.44 bits per heavy atom. The fourth-order valence-electron chi connectivity index (χ4n) is 3.62. The summed E-state index contributed by atoms with van der Waals surface area (Å²) in [5, 5.41) is 3.00. The Labute approximate surface area is 169 Å². The summed E-state index contributed by atoms with van der Waals surface area (Å²) in [6.07, 6.45) is 1.64. The number of anilines is 1. The second kappa shape index (κ2) is 8.26. The normalized spacial score (nSPS) is 16.9. The molecule has 142 valence electrons. The van der Waals surface area contributed by atoms with Crippen molar-refractivity contribution in [3.8, 4) is 0 Å². The molecular weight excluding hydrogens is 404 g/mol. The third-order valence-electron chi connectivity index (χ3n) is 4.97. The third-order valence-corrected chi connectivity index (χ3v) is 5.86. The number of carbonyl (C=O) groups is 2. The highest BCUT2D eigenvalue weighted by atomic mass is 79.9. The summed E-state index contributed by atoms with van der Waals surface area (Å²) in [7, 11) is 0. The van der Waals surface area contributed by atoms with Gasteiger partial charge in [-0.25, -0.2) is 0 Å². The highest BCUT2D eigenvalue weighted by Gasteiger charge is 2.29. The molecule has 0 unspecified atom stereocenters. The van der Waals surface area contributed by atoms with Gasteiger partial charge in [0.1, 0.15) is 0 Å². The van der Waals surface area contributed by atoms with Gasteiger partial charge in [-0.15, -0.1) is 0 Å². The van der Waals surface area contributed by atoms with E-state index in [4.69, 9.17) is 0 Å². The van der Waals surface area contributed by atoms with Gasteiger partial charge in [0.25, 0.3) is 5.91 Å². The number of hydrogen-bond acceptors (Lipinski definition) is 2. The summed E-state index contributed by atoms with van der Waals surface area (Å²) in [6.45, 7) is 7.15. The van der Waals surface area contributed by atoms with Crippen molar-refractivity contribution in [2.24, 2.45) is 5.92 Å². The Morgan fingerprint density at radius 2 is 1.78 bits per heavy atom. The lowest BCUT2D eigenvalue weighted by Gasteiger charge is -2.32. The number of benzene rings is 2. The van der Waals surface area contributed by atoms with E-state index in [1.807, 2.05) is 56.0 Å². The summed E-state index contributed by atoms with van der Waals surface area (Å²) in [5.74, 6) is -0.189. The first-order valence-corrected chi connectivity index (χ1v) is 10.1. The molecular formula is C22H25BrN2O2. The van der Waals surface area contributed by atoms with E-state index in [9.17, 15) is 9.59 Å². The predicted molar refractivity (Wildman–Crippen MR) is 112 cm³/mol. The molecule has 0 aromatic heterocycles. The van der Waals surface area contributed by atoms with Crippen LogP contribution in [0.1, 0.15) is 39.9 Å². The molecule has 1 N–H and O–H groups in total. The second-order valence-electron chi connectivity index (χ2n) is 7.42. The van der Waals surface area contributed by atoms with Crippen LogP contribution in [-0.4, -0.2) is 29.8 Å². The Kier molecular flexibility index (Phi) is 6.00. The zero-order valence-corrected chi connectivity index (χ0v) is 17.6. The second-order valence-corrected chi connectivity index (χ2v) is 8.27. The van der Waals surface area contributed by atoms with Gasteiger partial charge in [0, 0.05) is 28.8 Å².